The fourth-order valence-corrected chi connectivity index (χ4v) is 4.10. The second-order valence-corrected chi connectivity index (χ2v) is 9.51. The van der Waals surface area contributed by atoms with E-state index >= 15 is 0 Å². The summed E-state index contributed by atoms with van der Waals surface area (Å²) in [5, 5.41) is 4.21. The molecule has 0 aliphatic carbocycles. The van der Waals surface area contributed by atoms with Crippen molar-refractivity contribution in [2.75, 3.05) is 20.2 Å². The molecule has 3 rings (SSSR count). The predicted molar refractivity (Wildman–Crippen MR) is 129 cm³/mol. The molecule has 0 aromatic heterocycles. The van der Waals surface area contributed by atoms with Gasteiger partial charge in [0, 0.05) is 18.2 Å². The Morgan fingerprint density at radius 1 is 0.882 bits per heavy atom. The molecule has 3 aromatic rings. The van der Waals surface area contributed by atoms with Crippen LogP contribution < -0.4 is 5.43 Å². The average Bonchev–Trinajstić information content (AvgIpc) is 2.84. The molecule has 0 radical (unpaired) electrons. The van der Waals surface area contributed by atoms with Crippen molar-refractivity contribution in [3.05, 3.63) is 102 Å². The average molecular weight is 480 g/mol. The van der Waals surface area contributed by atoms with Gasteiger partial charge in [0.2, 0.25) is 10.0 Å². The number of esters is 1. The number of hydrogen-bond donors (Lipinski definition) is 1. The van der Waals surface area contributed by atoms with Crippen LogP contribution in [-0.2, 0) is 24.3 Å². The molecule has 0 aliphatic rings. The summed E-state index contributed by atoms with van der Waals surface area (Å²) in [4.78, 5) is 24.4. The van der Waals surface area contributed by atoms with Gasteiger partial charge < -0.3 is 4.74 Å². The zero-order valence-corrected chi connectivity index (χ0v) is 19.7. The monoisotopic (exact) mass is 479 g/mol. The summed E-state index contributed by atoms with van der Waals surface area (Å²) in [6.45, 7) is 0.707. The molecule has 1 N–H and O–H groups in total. The molecule has 1 amide bonds. The van der Waals surface area contributed by atoms with E-state index in [1.165, 1.54) is 19.2 Å². The van der Waals surface area contributed by atoms with Crippen LogP contribution in [0.1, 0.15) is 16.7 Å². The minimum Gasteiger partial charge on any atom is -0.455 e. The van der Waals surface area contributed by atoms with E-state index < -0.39 is 35.1 Å². The normalized spacial score (nSPS) is 11.0. The smallest absolute Gasteiger partial charge is 0.321 e. The Balaban J connectivity index is 1.58. The maximum Gasteiger partial charge on any atom is 0.321 e. The number of amides is 1. The van der Waals surface area contributed by atoms with Crippen LogP contribution in [0, 0.1) is 6.92 Å². The second kappa shape index (κ2) is 11.4. The van der Waals surface area contributed by atoms with Crippen LogP contribution in [0.4, 0.5) is 0 Å². The summed E-state index contributed by atoms with van der Waals surface area (Å²) in [6.07, 6.45) is 0. The number of carbonyl (C=O) groups excluding carboxylic acids is 2. The Bertz CT molecular complexity index is 1220. The lowest BCUT2D eigenvalue weighted by atomic mass is 10.0. The van der Waals surface area contributed by atoms with E-state index in [2.05, 4.69) is 10.5 Å². The van der Waals surface area contributed by atoms with Crippen LogP contribution in [0.25, 0.3) is 0 Å². The number of hydrogen-bond acceptors (Lipinski definition) is 6. The maximum atomic E-state index is 12.6. The Morgan fingerprint density at radius 3 is 1.94 bits per heavy atom. The fourth-order valence-electron chi connectivity index (χ4n) is 2.99. The van der Waals surface area contributed by atoms with Gasteiger partial charge in [0.25, 0.3) is 5.91 Å². The standard InChI is InChI=1S/C25H25N3O5S/c1-19-13-15-22(16-14-19)34(31,32)28(2)17-24(30)33-18-23(29)26-27-25(20-9-5-3-6-10-20)21-11-7-4-8-12-21/h3-16H,17-18H2,1-2H3,(H,26,29). The van der Waals surface area contributed by atoms with Crippen LogP contribution in [0.5, 0.6) is 0 Å². The lowest BCUT2D eigenvalue weighted by Crippen LogP contribution is -2.34. The molecule has 0 heterocycles. The predicted octanol–water partition coefficient (Wildman–Crippen LogP) is 2.73. The van der Waals surface area contributed by atoms with Gasteiger partial charge in [-0.15, -0.1) is 0 Å². The molecule has 0 saturated carbocycles. The molecule has 0 fully saturated rings. The van der Waals surface area contributed by atoms with Gasteiger partial charge in [-0.3, -0.25) is 9.59 Å². The minimum absolute atomic E-state index is 0.0647. The Hall–Kier alpha value is -3.82. The van der Waals surface area contributed by atoms with Crippen LogP contribution in [-0.4, -0.2) is 50.5 Å². The van der Waals surface area contributed by atoms with Crippen molar-refractivity contribution in [2.24, 2.45) is 5.10 Å². The number of nitrogens with zero attached hydrogens (tertiary/aromatic N) is 2. The highest BCUT2D eigenvalue weighted by Crippen LogP contribution is 2.15. The molecule has 9 heteroatoms. The van der Waals surface area contributed by atoms with Gasteiger partial charge in [0.05, 0.1) is 10.6 Å². The van der Waals surface area contributed by atoms with Crippen LogP contribution in [0.2, 0.25) is 0 Å². The van der Waals surface area contributed by atoms with Gasteiger partial charge in [-0.25, -0.2) is 13.8 Å². The maximum absolute atomic E-state index is 12.6. The summed E-state index contributed by atoms with van der Waals surface area (Å²) in [5.41, 5.74) is 5.45. The van der Waals surface area contributed by atoms with E-state index in [0.717, 1.165) is 21.0 Å². The van der Waals surface area contributed by atoms with E-state index in [1.54, 1.807) is 12.1 Å². The van der Waals surface area contributed by atoms with E-state index in [0.29, 0.717) is 5.71 Å². The van der Waals surface area contributed by atoms with Crippen molar-refractivity contribution in [1.82, 2.24) is 9.73 Å². The van der Waals surface area contributed by atoms with Gasteiger partial charge in [-0.1, -0.05) is 78.4 Å². The molecule has 0 saturated heterocycles. The second-order valence-electron chi connectivity index (χ2n) is 7.46. The van der Waals surface area contributed by atoms with Crippen LogP contribution >= 0.6 is 0 Å². The Morgan fingerprint density at radius 2 is 1.41 bits per heavy atom. The largest absolute Gasteiger partial charge is 0.455 e. The van der Waals surface area contributed by atoms with Crippen molar-refractivity contribution < 1.29 is 22.7 Å². The fraction of sp³-hybridized carbons (Fsp3) is 0.160. The summed E-state index contributed by atoms with van der Waals surface area (Å²) in [5.74, 6) is -1.51. The first-order chi connectivity index (χ1) is 16.3. The number of hydrazone groups is 1. The van der Waals surface area contributed by atoms with Gasteiger partial charge in [-0.05, 0) is 19.1 Å². The van der Waals surface area contributed by atoms with Gasteiger partial charge >= 0.3 is 5.97 Å². The molecule has 0 aliphatic heterocycles. The van der Waals surface area contributed by atoms with Gasteiger partial charge in [-0.2, -0.15) is 9.41 Å². The first-order valence-electron chi connectivity index (χ1n) is 10.4. The molecule has 8 nitrogen and oxygen atoms in total. The lowest BCUT2D eigenvalue weighted by molar-refractivity contribution is -0.148. The number of benzene rings is 3. The lowest BCUT2D eigenvalue weighted by Gasteiger charge is -2.16. The van der Waals surface area contributed by atoms with Crippen molar-refractivity contribution in [3.63, 3.8) is 0 Å². The zero-order valence-electron chi connectivity index (χ0n) is 18.8. The molecular formula is C25H25N3O5S. The van der Waals surface area contributed by atoms with Crippen LogP contribution in [0.3, 0.4) is 0 Å². The number of likely N-dealkylation sites (N-methyl/N-ethyl adjacent to an activating group) is 1. The molecule has 34 heavy (non-hydrogen) atoms. The molecule has 176 valence electrons. The molecule has 0 bridgehead atoms. The summed E-state index contributed by atoms with van der Waals surface area (Å²) in [6, 6.07) is 24.9. The number of ether oxygens (including phenoxy) is 1. The van der Waals surface area contributed by atoms with E-state index in [4.69, 9.17) is 4.74 Å². The summed E-state index contributed by atoms with van der Waals surface area (Å²) >= 11 is 0. The third kappa shape index (κ3) is 6.60. The number of nitrogens with one attached hydrogen (secondary N) is 1. The van der Waals surface area contributed by atoms with E-state index in [9.17, 15) is 18.0 Å². The minimum atomic E-state index is -3.86. The van der Waals surface area contributed by atoms with Crippen molar-refractivity contribution in [2.45, 2.75) is 11.8 Å². The third-order valence-corrected chi connectivity index (χ3v) is 6.65. The van der Waals surface area contributed by atoms with E-state index in [1.807, 2.05) is 67.6 Å². The molecular weight excluding hydrogens is 454 g/mol. The van der Waals surface area contributed by atoms with Crippen LogP contribution in [0.15, 0.2) is 94.9 Å². The molecule has 0 unspecified atom stereocenters. The Labute approximate surface area is 198 Å². The summed E-state index contributed by atoms with van der Waals surface area (Å²) < 4.78 is 31.0. The highest BCUT2D eigenvalue weighted by Gasteiger charge is 2.23. The highest BCUT2D eigenvalue weighted by atomic mass is 32.2. The topological polar surface area (TPSA) is 105 Å². The molecule has 3 aromatic carbocycles. The number of aryl methyl sites for hydroxylation is 1. The quantitative estimate of drug-likeness (QED) is 0.289. The molecule has 0 spiro atoms. The summed E-state index contributed by atoms with van der Waals surface area (Å²) in [7, 11) is -2.59. The first-order valence-corrected chi connectivity index (χ1v) is 11.9. The van der Waals surface area contributed by atoms with Gasteiger partial charge in [0.1, 0.15) is 6.54 Å². The zero-order chi connectivity index (χ0) is 24.6. The Kier molecular flexibility index (Phi) is 8.29. The highest BCUT2D eigenvalue weighted by molar-refractivity contribution is 7.89. The number of sulfonamides is 1. The van der Waals surface area contributed by atoms with Crippen molar-refractivity contribution >= 4 is 27.6 Å². The SMILES string of the molecule is Cc1ccc(S(=O)(=O)N(C)CC(=O)OCC(=O)NN=C(c2ccccc2)c2ccccc2)cc1. The number of carbonyl (C=O) groups is 2. The number of rotatable bonds is 9. The third-order valence-electron chi connectivity index (χ3n) is 4.83. The van der Waals surface area contributed by atoms with Gasteiger partial charge in [0.15, 0.2) is 6.61 Å². The van der Waals surface area contributed by atoms with E-state index in [-0.39, 0.29) is 4.90 Å². The van der Waals surface area contributed by atoms with Crippen molar-refractivity contribution in [3.8, 4) is 0 Å². The van der Waals surface area contributed by atoms with Crippen molar-refractivity contribution in [1.29, 1.82) is 0 Å². The molecule has 0 atom stereocenters. The first kappa shape index (κ1) is 24.8.